The number of hydrazine groups is 1. The van der Waals surface area contributed by atoms with E-state index in [1.807, 2.05) is 0 Å². The third-order valence-electron chi connectivity index (χ3n) is 6.26. The van der Waals surface area contributed by atoms with E-state index in [9.17, 15) is 27.9 Å². The molecule has 0 radical (unpaired) electrons. The summed E-state index contributed by atoms with van der Waals surface area (Å²) in [5.74, 6) is -0.343. The maximum absolute atomic E-state index is 13.1. The summed E-state index contributed by atoms with van der Waals surface area (Å²) >= 11 is 5.92. The minimum absolute atomic E-state index is 0.0977. The van der Waals surface area contributed by atoms with Gasteiger partial charge in [-0.15, -0.1) is 10.2 Å². The molecule has 5 rings (SSSR count). The van der Waals surface area contributed by atoms with Crippen molar-refractivity contribution < 1.29 is 27.8 Å². The number of hydrogen-bond acceptors (Lipinski definition) is 8. The van der Waals surface area contributed by atoms with Crippen molar-refractivity contribution in [3.8, 4) is 17.1 Å². The summed E-state index contributed by atoms with van der Waals surface area (Å²) in [7, 11) is 0. The molecule has 0 spiro atoms. The Morgan fingerprint density at radius 2 is 1.80 bits per heavy atom. The summed E-state index contributed by atoms with van der Waals surface area (Å²) in [5, 5.41) is 20.4. The van der Waals surface area contributed by atoms with E-state index in [0.717, 1.165) is 9.25 Å². The summed E-state index contributed by atoms with van der Waals surface area (Å²) in [6.07, 6.45) is -6.38. The fourth-order valence-corrected chi connectivity index (χ4v) is 4.29. The molecule has 16 heteroatoms. The van der Waals surface area contributed by atoms with Gasteiger partial charge in [0.2, 0.25) is 0 Å². The van der Waals surface area contributed by atoms with Crippen LogP contribution in [0.3, 0.4) is 0 Å². The number of carbonyl (C=O) groups is 1. The van der Waals surface area contributed by atoms with Gasteiger partial charge >= 0.3 is 11.9 Å². The quantitative estimate of drug-likeness (QED) is 0.317. The second kappa shape index (κ2) is 11.8. The van der Waals surface area contributed by atoms with E-state index in [2.05, 4.69) is 20.6 Å². The van der Waals surface area contributed by atoms with Gasteiger partial charge in [-0.05, 0) is 36.4 Å². The maximum atomic E-state index is 13.1. The number of ether oxygens (including phenoxy) is 1. The maximum Gasteiger partial charge on any atom is 0.416 e. The Morgan fingerprint density at radius 1 is 1.10 bits per heavy atom. The summed E-state index contributed by atoms with van der Waals surface area (Å²) in [4.78, 5) is 30.3. The van der Waals surface area contributed by atoms with Crippen LogP contribution in [0.2, 0.25) is 5.02 Å². The summed E-state index contributed by atoms with van der Waals surface area (Å²) in [6.45, 7) is 0.732. The first-order valence-electron chi connectivity index (χ1n) is 12.4. The molecule has 216 valence electrons. The minimum Gasteiger partial charge on any atom is -0.382 e. The number of aliphatic hydroxyl groups excluding tert-OH is 1. The predicted molar refractivity (Wildman–Crippen MR) is 139 cm³/mol. The molecule has 2 N–H and O–H groups in total. The molecular formula is C25H24ClF3N8O4. The van der Waals surface area contributed by atoms with Gasteiger partial charge in [0.15, 0.2) is 17.8 Å². The van der Waals surface area contributed by atoms with Gasteiger partial charge in [-0.1, -0.05) is 23.7 Å². The molecule has 1 aliphatic rings. The van der Waals surface area contributed by atoms with Gasteiger partial charge in [0.25, 0.3) is 5.91 Å². The molecule has 2 aromatic carbocycles. The highest BCUT2D eigenvalue weighted by Gasteiger charge is 2.39. The first-order valence-corrected chi connectivity index (χ1v) is 12.8. The van der Waals surface area contributed by atoms with E-state index in [1.54, 1.807) is 29.3 Å². The number of nitrogens with one attached hydrogen (secondary N) is 1. The number of benzene rings is 2. The van der Waals surface area contributed by atoms with Crippen molar-refractivity contribution in [2.24, 2.45) is 0 Å². The van der Waals surface area contributed by atoms with Gasteiger partial charge in [-0.3, -0.25) is 14.8 Å². The molecule has 0 bridgehead atoms. The number of rotatable bonds is 8. The largest absolute Gasteiger partial charge is 0.416 e. The van der Waals surface area contributed by atoms with Crippen LogP contribution in [0.4, 0.5) is 13.2 Å². The van der Waals surface area contributed by atoms with Crippen molar-refractivity contribution in [2.75, 3.05) is 26.3 Å². The number of aromatic nitrogens is 6. The Morgan fingerprint density at radius 3 is 2.51 bits per heavy atom. The SMILES string of the molecule is O=C(NN1CCOCC1)c1ccccc1-n1cnc(Cn2nc(-c3ccc(Cl)cc3)n(CC(O)C(F)(F)F)c2=O)n1. The number of para-hydroxylation sites is 1. The molecule has 1 aliphatic heterocycles. The van der Waals surface area contributed by atoms with Gasteiger partial charge in [0, 0.05) is 23.7 Å². The topological polar surface area (TPSA) is 132 Å². The third kappa shape index (κ3) is 6.48. The van der Waals surface area contributed by atoms with Gasteiger partial charge < -0.3 is 9.84 Å². The number of amides is 1. The smallest absolute Gasteiger partial charge is 0.382 e. The fourth-order valence-electron chi connectivity index (χ4n) is 4.16. The molecule has 41 heavy (non-hydrogen) atoms. The third-order valence-corrected chi connectivity index (χ3v) is 6.51. The molecule has 0 saturated carbocycles. The van der Waals surface area contributed by atoms with Crippen molar-refractivity contribution in [3.05, 3.63) is 81.8 Å². The van der Waals surface area contributed by atoms with Crippen LogP contribution in [0.15, 0.2) is 59.7 Å². The molecule has 3 heterocycles. The zero-order chi connectivity index (χ0) is 29.1. The van der Waals surface area contributed by atoms with E-state index in [-0.39, 0.29) is 24.1 Å². The Kier molecular flexibility index (Phi) is 8.21. The van der Waals surface area contributed by atoms with Gasteiger partial charge in [0.05, 0.1) is 31.0 Å². The standard InChI is InChI=1S/C25H24ClF3N8O4/c26-17-7-5-16(6-8-17)22-32-36(24(40)35(22)13-20(38)25(27,28)29)14-21-30-15-37(31-21)19-4-2-1-3-18(19)23(39)33-34-9-11-41-12-10-34/h1-8,15,20,38H,9-14H2,(H,33,39). The first-order chi connectivity index (χ1) is 19.6. The second-order valence-electron chi connectivity index (χ2n) is 9.10. The van der Waals surface area contributed by atoms with E-state index in [0.29, 0.717) is 48.1 Å². The van der Waals surface area contributed by atoms with E-state index < -0.39 is 24.5 Å². The fraction of sp³-hybridized carbons (Fsp3) is 0.320. The number of hydrogen-bond donors (Lipinski definition) is 2. The van der Waals surface area contributed by atoms with Gasteiger partial charge in [-0.25, -0.2) is 24.2 Å². The summed E-state index contributed by atoms with van der Waals surface area (Å²) in [6, 6.07) is 12.7. The molecule has 0 aliphatic carbocycles. The predicted octanol–water partition coefficient (Wildman–Crippen LogP) is 1.89. The number of carbonyl (C=O) groups excluding carboxylic acids is 1. The molecule has 1 fully saturated rings. The monoisotopic (exact) mass is 592 g/mol. The second-order valence-corrected chi connectivity index (χ2v) is 9.54. The van der Waals surface area contributed by atoms with Crippen molar-refractivity contribution in [3.63, 3.8) is 0 Å². The molecule has 2 aromatic heterocycles. The lowest BCUT2D eigenvalue weighted by Gasteiger charge is -2.27. The number of nitrogens with zero attached hydrogens (tertiary/aromatic N) is 7. The highest BCUT2D eigenvalue weighted by Crippen LogP contribution is 2.24. The van der Waals surface area contributed by atoms with Crippen molar-refractivity contribution >= 4 is 17.5 Å². The molecule has 1 atom stereocenters. The van der Waals surface area contributed by atoms with Crippen LogP contribution >= 0.6 is 11.6 Å². The lowest BCUT2D eigenvalue weighted by atomic mass is 10.1. The first kappa shape index (κ1) is 28.5. The van der Waals surface area contributed by atoms with Crippen LogP contribution in [0, 0.1) is 0 Å². The Bertz CT molecular complexity index is 1580. The Hall–Kier alpha value is -4.05. The van der Waals surface area contributed by atoms with Crippen LogP contribution in [-0.4, -0.2) is 83.7 Å². The van der Waals surface area contributed by atoms with Crippen LogP contribution in [0.1, 0.15) is 16.2 Å². The van der Waals surface area contributed by atoms with E-state index in [4.69, 9.17) is 16.3 Å². The normalized spacial score (nSPS) is 15.1. The van der Waals surface area contributed by atoms with Crippen LogP contribution < -0.4 is 11.1 Å². The number of aliphatic hydroxyl groups is 1. The zero-order valence-electron chi connectivity index (χ0n) is 21.3. The van der Waals surface area contributed by atoms with Crippen molar-refractivity contribution in [1.82, 2.24) is 39.5 Å². The molecule has 1 saturated heterocycles. The Labute approximate surface area is 235 Å². The van der Waals surface area contributed by atoms with E-state index >= 15 is 0 Å². The number of halogens is 4. The van der Waals surface area contributed by atoms with Crippen LogP contribution in [0.25, 0.3) is 17.1 Å². The van der Waals surface area contributed by atoms with Crippen LogP contribution in [-0.2, 0) is 17.8 Å². The highest BCUT2D eigenvalue weighted by atomic mass is 35.5. The average Bonchev–Trinajstić information content (AvgIpc) is 3.54. The zero-order valence-corrected chi connectivity index (χ0v) is 22.1. The number of morpholine rings is 1. The molecule has 1 amide bonds. The Balaban J connectivity index is 1.42. The molecule has 12 nitrogen and oxygen atoms in total. The molecule has 4 aromatic rings. The number of alkyl halides is 3. The average molecular weight is 593 g/mol. The van der Waals surface area contributed by atoms with E-state index in [1.165, 1.54) is 35.3 Å². The molecular weight excluding hydrogens is 569 g/mol. The van der Waals surface area contributed by atoms with Crippen LogP contribution in [0.5, 0.6) is 0 Å². The minimum atomic E-state index is -4.94. The van der Waals surface area contributed by atoms with Crippen molar-refractivity contribution in [2.45, 2.75) is 25.4 Å². The van der Waals surface area contributed by atoms with Gasteiger partial charge in [-0.2, -0.15) is 13.2 Å². The highest BCUT2D eigenvalue weighted by molar-refractivity contribution is 6.30. The lowest BCUT2D eigenvalue weighted by Crippen LogP contribution is -2.48. The van der Waals surface area contributed by atoms with Crippen molar-refractivity contribution in [1.29, 1.82) is 0 Å². The summed E-state index contributed by atoms with van der Waals surface area (Å²) in [5.41, 5.74) is 3.00. The summed E-state index contributed by atoms with van der Waals surface area (Å²) < 4.78 is 47.7. The lowest BCUT2D eigenvalue weighted by molar-refractivity contribution is -0.207. The molecule has 1 unspecified atom stereocenters. The van der Waals surface area contributed by atoms with Gasteiger partial charge in [0.1, 0.15) is 12.9 Å².